The third-order valence-corrected chi connectivity index (χ3v) is 1.83. The molecule has 0 aliphatic carbocycles. The van der Waals surface area contributed by atoms with Crippen LogP contribution in [0.2, 0.25) is 0 Å². The molecular formula is C10H6N6O. The lowest BCUT2D eigenvalue weighted by atomic mass is 10.4. The topological polar surface area (TPSA) is 104 Å². The molecule has 0 aliphatic rings. The number of rotatable bonds is 3. The van der Waals surface area contributed by atoms with E-state index in [0.29, 0.717) is 17.9 Å². The Balaban J connectivity index is 2.14. The lowest BCUT2D eigenvalue weighted by Crippen LogP contribution is -2.00. The van der Waals surface area contributed by atoms with Crippen LogP contribution < -0.4 is 5.32 Å². The fourth-order valence-corrected chi connectivity index (χ4v) is 1.05. The SMILES string of the molecule is N#Cc1cnc(Nc2ccc(C=O)nn2)cn1. The second-order valence-electron chi connectivity index (χ2n) is 2.98. The lowest BCUT2D eigenvalue weighted by Gasteiger charge is -2.02. The van der Waals surface area contributed by atoms with Gasteiger partial charge in [-0.3, -0.25) is 4.79 Å². The molecule has 1 N–H and O–H groups in total. The number of anilines is 2. The van der Waals surface area contributed by atoms with Crippen molar-refractivity contribution >= 4 is 17.9 Å². The van der Waals surface area contributed by atoms with Crippen LogP contribution in [-0.2, 0) is 0 Å². The molecule has 0 unspecified atom stereocenters. The van der Waals surface area contributed by atoms with Gasteiger partial charge in [-0.2, -0.15) is 5.26 Å². The van der Waals surface area contributed by atoms with Gasteiger partial charge in [0.25, 0.3) is 0 Å². The fraction of sp³-hybridized carbons (Fsp3) is 0. The minimum Gasteiger partial charge on any atom is -0.322 e. The molecule has 7 nitrogen and oxygen atoms in total. The van der Waals surface area contributed by atoms with E-state index in [1.54, 1.807) is 6.07 Å². The first-order chi connectivity index (χ1) is 8.31. The molecule has 0 amide bonds. The molecule has 2 heterocycles. The van der Waals surface area contributed by atoms with E-state index < -0.39 is 0 Å². The molecule has 2 aromatic heterocycles. The van der Waals surface area contributed by atoms with E-state index in [9.17, 15) is 4.79 Å². The van der Waals surface area contributed by atoms with Crippen LogP contribution in [0.5, 0.6) is 0 Å². The summed E-state index contributed by atoms with van der Waals surface area (Å²) in [6.45, 7) is 0. The van der Waals surface area contributed by atoms with E-state index in [0.717, 1.165) is 0 Å². The molecule has 0 radical (unpaired) electrons. The van der Waals surface area contributed by atoms with Gasteiger partial charge in [-0.05, 0) is 12.1 Å². The molecule has 0 saturated carbocycles. The van der Waals surface area contributed by atoms with E-state index in [1.807, 2.05) is 6.07 Å². The normalized spacial score (nSPS) is 9.35. The van der Waals surface area contributed by atoms with Crippen LogP contribution in [0.3, 0.4) is 0 Å². The fourth-order valence-electron chi connectivity index (χ4n) is 1.05. The maximum absolute atomic E-state index is 10.4. The number of nitrogens with zero attached hydrogens (tertiary/aromatic N) is 5. The van der Waals surface area contributed by atoms with Gasteiger partial charge in [-0.1, -0.05) is 0 Å². The zero-order valence-corrected chi connectivity index (χ0v) is 8.53. The summed E-state index contributed by atoms with van der Waals surface area (Å²) in [5.41, 5.74) is 0.486. The summed E-state index contributed by atoms with van der Waals surface area (Å²) < 4.78 is 0. The first-order valence-electron chi connectivity index (χ1n) is 4.60. The highest BCUT2D eigenvalue weighted by Gasteiger charge is 2.00. The van der Waals surface area contributed by atoms with Crippen LogP contribution in [0.15, 0.2) is 24.5 Å². The number of hydrogen-bond donors (Lipinski definition) is 1. The molecule has 7 heteroatoms. The molecule has 0 fully saturated rings. The molecule has 0 saturated heterocycles. The summed E-state index contributed by atoms with van der Waals surface area (Å²) >= 11 is 0. The lowest BCUT2D eigenvalue weighted by molar-refractivity contribution is 0.111. The maximum Gasteiger partial charge on any atom is 0.170 e. The average Bonchev–Trinajstić information content (AvgIpc) is 2.40. The second kappa shape index (κ2) is 4.76. The first-order valence-corrected chi connectivity index (χ1v) is 4.60. The van der Waals surface area contributed by atoms with Gasteiger partial charge in [-0.25, -0.2) is 9.97 Å². The van der Waals surface area contributed by atoms with Crippen LogP contribution in [0.25, 0.3) is 0 Å². The Kier molecular flexibility index (Phi) is 2.98. The van der Waals surface area contributed by atoms with Crippen molar-refractivity contribution in [3.63, 3.8) is 0 Å². The predicted molar refractivity (Wildman–Crippen MR) is 57.4 cm³/mol. The number of aldehydes is 1. The van der Waals surface area contributed by atoms with Gasteiger partial charge in [0.2, 0.25) is 0 Å². The van der Waals surface area contributed by atoms with E-state index in [2.05, 4.69) is 25.5 Å². The highest BCUT2D eigenvalue weighted by atomic mass is 16.1. The van der Waals surface area contributed by atoms with Crippen molar-refractivity contribution < 1.29 is 4.79 Å². The monoisotopic (exact) mass is 226 g/mol. The molecule has 2 aromatic rings. The summed E-state index contributed by atoms with van der Waals surface area (Å²) in [4.78, 5) is 18.2. The molecule has 0 aromatic carbocycles. The van der Waals surface area contributed by atoms with Gasteiger partial charge in [0.1, 0.15) is 17.6 Å². The van der Waals surface area contributed by atoms with Gasteiger partial charge in [0.15, 0.2) is 17.8 Å². The minimum atomic E-state index is 0.234. The molecule has 2 rings (SSSR count). The molecule has 0 spiro atoms. The van der Waals surface area contributed by atoms with E-state index in [-0.39, 0.29) is 11.4 Å². The Morgan fingerprint density at radius 1 is 1.18 bits per heavy atom. The van der Waals surface area contributed by atoms with E-state index in [4.69, 9.17) is 5.26 Å². The Hall–Kier alpha value is -2.88. The number of hydrogen-bond acceptors (Lipinski definition) is 7. The Morgan fingerprint density at radius 2 is 2.06 bits per heavy atom. The largest absolute Gasteiger partial charge is 0.322 e. The Morgan fingerprint density at radius 3 is 2.59 bits per heavy atom. The van der Waals surface area contributed by atoms with Crippen molar-refractivity contribution in [1.29, 1.82) is 5.26 Å². The quantitative estimate of drug-likeness (QED) is 0.767. The van der Waals surface area contributed by atoms with E-state index in [1.165, 1.54) is 18.5 Å². The Bertz CT molecular complexity index is 557. The van der Waals surface area contributed by atoms with Crippen LogP contribution >= 0.6 is 0 Å². The molecule has 82 valence electrons. The minimum absolute atomic E-state index is 0.234. The highest BCUT2D eigenvalue weighted by molar-refractivity contribution is 5.71. The molecule has 0 bridgehead atoms. The first kappa shape index (κ1) is 10.6. The van der Waals surface area contributed by atoms with Crippen LogP contribution in [0.1, 0.15) is 16.2 Å². The number of nitriles is 1. The zero-order chi connectivity index (χ0) is 12.1. The highest BCUT2D eigenvalue weighted by Crippen LogP contribution is 2.09. The Labute approximate surface area is 96.2 Å². The summed E-state index contributed by atoms with van der Waals surface area (Å²) in [6, 6.07) is 4.99. The van der Waals surface area contributed by atoms with E-state index >= 15 is 0 Å². The molecular weight excluding hydrogens is 220 g/mol. The van der Waals surface area contributed by atoms with Gasteiger partial charge in [-0.15, -0.1) is 10.2 Å². The molecule has 0 aliphatic heterocycles. The van der Waals surface area contributed by atoms with Crippen LogP contribution in [0.4, 0.5) is 11.6 Å². The van der Waals surface area contributed by atoms with Crippen LogP contribution in [0, 0.1) is 11.3 Å². The van der Waals surface area contributed by atoms with Gasteiger partial charge >= 0.3 is 0 Å². The van der Waals surface area contributed by atoms with Crippen LogP contribution in [-0.4, -0.2) is 26.5 Å². The van der Waals surface area contributed by atoms with Gasteiger partial charge in [0, 0.05) is 0 Å². The van der Waals surface area contributed by atoms with Crippen molar-refractivity contribution in [2.45, 2.75) is 0 Å². The number of nitrogens with one attached hydrogen (secondary N) is 1. The smallest absolute Gasteiger partial charge is 0.170 e. The number of aromatic nitrogens is 4. The zero-order valence-electron chi connectivity index (χ0n) is 8.53. The summed E-state index contributed by atoms with van der Waals surface area (Å²) in [6.07, 6.45) is 3.36. The predicted octanol–water partition coefficient (Wildman–Crippen LogP) is 0.694. The maximum atomic E-state index is 10.4. The van der Waals surface area contributed by atoms with Gasteiger partial charge in [0.05, 0.1) is 12.4 Å². The van der Waals surface area contributed by atoms with Crippen molar-refractivity contribution in [1.82, 2.24) is 20.2 Å². The van der Waals surface area contributed by atoms with Crippen molar-refractivity contribution in [3.8, 4) is 6.07 Å². The molecule has 17 heavy (non-hydrogen) atoms. The standard InChI is InChI=1S/C10H6N6O/c11-3-8-4-13-10(5-12-8)14-9-2-1-7(6-17)15-16-9/h1-2,4-6H,(H,13,14,16). The summed E-state index contributed by atoms with van der Waals surface area (Å²) in [7, 11) is 0. The summed E-state index contributed by atoms with van der Waals surface area (Å²) in [5.74, 6) is 0.881. The van der Waals surface area contributed by atoms with Gasteiger partial charge < -0.3 is 5.32 Å². The van der Waals surface area contributed by atoms with Crippen molar-refractivity contribution in [2.75, 3.05) is 5.32 Å². The second-order valence-corrected chi connectivity index (χ2v) is 2.98. The summed E-state index contributed by atoms with van der Waals surface area (Å²) in [5, 5.41) is 18.8. The number of carbonyl (C=O) groups excluding carboxylic acids is 1. The molecule has 0 atom stereocenters. The third-order valence-electron chi connectivity index (χ3n) is 1.83. The average molecular weight is 226 g/mol. The van der Waals surface area contributed by atoms with Crippen molar-refractivity contribution in [2.24, 2.45) is 0 Å². The number of carbonyl (C=O) groups is 1. The van der Waals surface area contributed by atoms with Crippen molar-refractivity contribution in [3.05, 3.63) is 35.9 Å². The third kappa shape index (κ3) is 2.57.